The Kier molecular flexibility index (Phi) is 3.67. The molecule has 2 atom stereocenters. The van der Waals surface area contributed by atoms with E-state index in [9.17, 15) is 0 Å². The maximum absolute atomic E-state index is 6.40. The molecular formula is C21H25ClN2. The van der Waals surface area contributed by atoms with E-state index in [0.29, 0.717) is 6.04 Å². The maximum atomic E-state index is 6.40. The van der Waals surface area contributed by atoms with Gasteiger partial charge in [0.1, 0.15) is 0 Å². The van der Waals surface area contributed by atoms with E-state index in [1.165, 1.54) is 16.8 Å². The van der Waals surface area contributed by atoms with Crippen molar-refractivity contribution >= 4 is 17.3 Å². The Morgan fingerprint density at radius 2 is 1.88 bits per heavy atom. The molecule has 1 spiro atoms. The summed E-state index contributed by atoms with van der Waals surface area (Å²) in [5.41, 5.74) is 4.31. The largest absolute Gasteiger partial charge is 0.365 e. The minimum atomic E-state index is 0.0921. The Hall–Kier alpha value is -1.51. The van der Waals surface area contributed by atoms with Crippen LogP contribution in [0.3, 0.4) is 0 Å². The standard InChI is InChI=1S/C21H25ClN2/c1-20(2,3)24-14-21(17-13-16(22)9-10-18(17)24)11-12-23-19(21)15-7-5-4-6-8-15/h4-10,13,19,23H,11-12,14H2,1-3H3/t19-,21+/m0/s1. The van der Waals surface area contributed by atoms with E-state index in [4.69, 9.17) is 11.6 Å². The highest BCUT2D eigenvalue weighted by Gasteiger charge is 2.53. The number of fused-ring (bicyclic) bond motifs is 2. The van der Waals surface area contributed by atoms with Gasteiger partial charge in [-0.1, -0.05) is 41.9 Å². The fraction of sp³-hybridized carbons (Fsp3) is 0.429. The summed E-state index contributed by atoms with van der Waals surface area (Å²) in [6.07, 6.45) is 1.15. The quantitative estimate of drug-likeness (QED) is 0.791. The molecule has 126 valence electrons. The van der Waals surface area contributed by atoms with E-state index < -0.39 is 0 Å². The van der Waals surface area contributed by atoms with Gasteiger partial charge in [-0.2, -0.15) is 0 Å². The Balaban J connectivity index is 1.88. The van der Waals surface area contributed by atoms with Crippen LogP contribution in [-0.4, -0.2) is 18.6 Å². The highest BCUT2D eigenvalue weighted by atomic mass is 35.5. The molecule has 0 amide bonds. The van der Waals surface area contributed by atoms with Crippen molar-refractivity contribution in [3.8, 4) is 0 Å². The van der Waals surface area contributed by atoms with Gasteiger partial charge in [-0.15, -0.1) is 0 Å². The third kappa shape index (κ3) is 2.35. The number of nitrogens with zero attached hydrogens (tertiary/aromatic N) is 1. The molecule has 0 radical (unpaired) electrons. The first kappa shape index (κ1) is 16.0. The van der Waals surface area contributed by atoms with Crippen LogP contribution < -0.4 is 10.2 Å². The van der Waals surface area contributed by atoms with Crippen molar-refractivity contribution in [3.63, 3.8) is 0 Å². The Morgan fingerprint density at radius 1 is 1.12 bits per heavy atom. The van der Waals surface area contributed by atoms with Crippen molar-refractivity contribution in [2.75, 3.05) is 18.0 Å². The molecule has 1 N–H and O–H groups in total. The molecule has 24 heavy (non-hydrogen) atoms. The normalized spacial score (nSPS) is 26.2. The number of hydrogen-bond acceptors (Lipinski definition) is 2. The maximum Gasteiger partial charge on any atom is 0.0436 e. The van der Waals surface area contributed by atoms with Crippen molar-refractivity contribution in [3.05, 3.63) is 64.7 Å². The first-order chi connectivity index (χ1) is 11.4. The Labute approximate surface area is 149 Å². The highest BCUT2D eigenvalue weighted by Crippen LogP contribution is 2.54. The van der Waals surface area contributed by atoms with Gasteiger partial charge < -0.3 is 10.2 Å². The minimum Gasteiger partial charge on any atom is -0.365 e. The van der Waals surface area contributed by atoms with Gasteiger partial charge >= 0.3 is 0 Å². The average Bonchev–Trinajstić information content (AvgIpc) is 3.11. The predicted octanol–water partition coefficient (Wildman–Crippen LogP) is 4.93. The lowest BCUT2D eigenvalue weighted by Crippen LogP contribution is -2.45. The van der Waals surface area contributed by atoms with Gasteiger partial charge in [-0.25, -0.2) is 0 Å². The van der Waals surface area contributed by atoms with Gasteiger partial charge in [0.25, 0.3) is 0 Å². The Bertz CT molecular complexity index is 750. The number of hydrogen-bond donors (Lipinski definition) is 1. The van der Waals surface area contributed by atoms with Gasteiger partial charge in [-0.3, -0.25) is 0 Å². The van der Waals surface area contributed by atoms with Gasteiger partial charge in [0.15, 0.2) is 0 Å². The second kappa shape index (κ2) is 5.50. The number of halogens is 1. The molecule has 2 aromatic carbocycles. The Morgan fingerprint density at radius 3 is 2.58 bits per heavy atom. The van der Waals surface area contributed by atoms with Crippen LogP contribution in [0.1, 0.15) is 44.4 Å². The zero-order valence-electron chi connectivity index (χ0n) is 14.6. The van der Waals surface area contributed by atoms with E-state index in [1.54, 1.807) is 0 Å². The van der Waals surface area contributed by atoms with Crippen LogP contribution in [0.4, 0.5) is 5.69 Å². The molecule has 0 aromatic heterocycles. The smallest absolute Gasteiger partial charge is 0.0436 e. The van der Waals surface area contributed by atoms with Crippen molar-refractivity contribution in [2.24, 2.45) is 0 Å². The number of benzene rings is 2. The van der Waals surface area contributed by atoms with E-state index >= 15 is 0 Å². The molecule has 3 heteroatoms. The van der Waals surface area contributed by atoms with E-state index in [-0.39, 0.29) is 11.0 Å². The molecule has 2 aliphatic heterocycles. The van der Waals surface area contributed by atoms with E-state index in [2.05, 4.69) is 73.5 Å². The van der Waals surface area contributed by atoms with E-state index in [0.717, 1.165) is 24.5 Å². The molecule has 2 nitrogen and oxygen atoms in total. The lowest BCUT2D eigenvalue weighted by Gasteiger charge is -2.38. The van der Waals surface area contributed by atoms with Crippen LogP contribution in [0.25, 0.3) is 0 Å². The first-order valence-electron chi connectivity index (χ1n) is 8.78. The summed E-state index contributed by atoms with van der Waals surface area (Å²) in [5, 5.41) is 4.60. The summed E-state index contributed by atoms with van der Waals surface area (Å²) in [6.45, 7) is 8.97. The second-order valence-electron chi connectivity index (χ2n) is 8.12. The summed E-state index contributed by atoms with van der Waals surface area (Å²) in [7, 11) is 0. The molecule has 2 aliphatic rings. The molecule has 4 rings (SSSR count). The molecule has 0 saturated carbocycles. The first-order valence-corrected chi connectivity index (χ1v) is 9.16. The van der Waals surface area contributed by atoms with Crippen LogP contribution in [0.5, 0.6) is 0 Å². The van der Waals surface area contributed by atoms with Crippen LogP contribution in [0.2, 0.25) is 5.02 Å². The van der Waals surface area contributed by atoms with Gasteiger partial charge in [0.2, 0.25) is 0 Å². The topological polar surface area (TPSA) is 15.3 Å². The molecule has 2 heterocycles. The molecular weight excluding hydrogens is 316 g/mol. The van der Waals surface area contributed by atoms with Gasteiger partial charge in [-0.05, 0) is 63.1 Å². The minimum absolute atomic E-state index is 0.0921. The molecule has 0 bridgehead atoms. The highest BCUT2D eigenvalue weighted by molar-refractivity contribution is 6.30. The monoisotopic (exact) mass is 340 g/mol. The zero-order valence-corrected chi connectivity index (χ0v) is 15.4. The number of nitrogens with one attached hydrogen (secondary N) is 1. The number of anilines is 1. The predicted molar refractivity (Wildman–Crippen MR) is 102 cm³/mol. The van der Waals surface area contributed by atoms with Crippen molar-refractivity contribution in [1.82, 2.24) is 5.32 Å². The SMILES string of the molecule is CC(C)(C)N1C[C@]2(CCN[C@H]2c2ccccc2)c2cc(Cl)ccc21. The van der Waals surface area contributed by atoms with Gasteiger partial charge in [0.05, 0.1) is 0 Å². The van der Waals surface area contributed by atoms with Crippen molar-refractivity contribution < 1.29 is 0 Å². The summed E-state index contributed by atoms with van der Waals surface area (Å²) >= 11 is 6.40. The molecule has 0 aliphatic carbocycles. The summed E-state index contributed by atoms with van der Waals surface area (Å²) in [4.78, 5) is 2.56. The third-order valence-electron chi connectivity index (χ3n) is 5.64. The third-order valence-corrected chi connectivity index (χ3v) is 5.88. The van der Waals surface area contributed by atoms with Gasteiger partial charge in [0, 0.05) is 34.3 Å². The fourth-order valence-corrected chi connectivity index (χ4v) is 4.69. The van der Waals surface area contributed by atoms with E-state index in [1.807, 2.05) is 6.07 Å². The summed E-state index contributed by atoms with van der Waals surface area (Å²) in [6, 6.07) is 17.6. The molecule has 0 unspecified atom stereocenters. The zero-order chi connectivity index (χ0) is 16.9. The fourth-order valence-electron chi connectivity index (χ4n) is 4.52. The molecule has 2 aromatic rings. The van der Waals surface area contributed by atoms with Crippen LogP contribution >= 0.6 is 11.6 Å². The van der Waals surface area contributed by atoms with Crippen LogP contribution in [0, 0.1) is 0 Å². The lowest BCUT2D eigenvalue weighted by molar-refractivity contribution is 0.372. The lowest BCUT2D eigenvalue weighted by atomic mass is 9.73. The van der Waals surface area contributed by atoms with Crippen LogP contribution in [0.15, 0.2) is 48.5 Å². The summed E-state index contributed by atoms with van der Waals surface area (Å²) < 4.78 is 0. The number of rotatable bonds is 1. The summed E-state index contributed by atoms with van der Waals surface area (Å²) in [5.74, 6) is 0. The van der Waals surface area contributed by atoms with Crippen molar-refractivity contribution in [1.29, 1.82) is 0 Å². The molecule has 1 fully saturated rings. The second-order valence-corrected chi connectivity index (χ2v) is 8.56. The molecule has 1 saturated heterocycles. The van der Waals surface area contributed by atoms with Crippen molar-refractivity contribution in [2.45, 2.75) is 44.2 Å². The van der Waals surface area contributed by atoms with Crippen LogP contribution in [-0.2, 0) is 5.41 Å². The average molecular weight is 341 g/mol.